The van der Waals surface area contributed by atoms with E-state index in [2.05, 4.69) is 20.9 Å². The number of carbonyl (C=O) groups excluding carboxylic acids is 1. The molecule has 152 valence electrons. The van der Waals surface area contributed by atoms with E-state index in [1.165, 1.54) is 0 Å². The van der Waals surface area contributed by atoms with Crippen LogP contribution in [0.25, 0.3) is 0 Å². The molecule has 2 N–H and O–H groups in total. The standard InChI is InChI=1S/C22H29BrN2O3/c1-14-17(12-22(6,24)20(26)28-21(3,4)5)19(23)25-15(2)18(14)27-13-16-10-8-7-9-11-16/h7-11H,12-13,24H2,1-6H3/t22-/m0/s1. The molecule has 2 aromatic rings. The Morgan fingerprint density at radius 1 is 1.14 bits per heavy atom. The number of aromatic nitrogens is 1. The molecule has 0 aliphatic heterocycles. The van der Waals surface area contributed by atoms with Gasteiger partial charge in [-0.15, -0.1) is 0 Å². The molecule has 0 aliphatic carbocycles. The van der Waals surface area contributed by atoms with Gasteiger partial charge in [-0.05, 0) is 74.2 Å². The van der Waals surface area contributed by atoms with E-state index in [1.54, 1.807) is 6.92 Å². The highest BCUT2D eigenvalue weighted by atomic mass is 79.9. The van der Waals surface area contributed by atoms with Gasteiger partial charge in [0, 0.05) is 6.42 Å². The molecule has 5 nitrogen and oxygen atoms in total. The zero-order chi connectivity index (χ0) is 21.1. The maximum atomic E-state index is 12.6. The number of benzene rings is 1. The Morgan fingerprint density at radius 2 is 1.75 bits per heavy atom. The summed E-state index contributed by atoms with van der Waals surface area (Å²) in [5.74, 6) is 0.265. The van der Waals surface area contributed by atoms with E-state index >= 15 is 0 Å². The predicted octanol–water partition coefficient (Wildman–Crippen LogP) is 4.64. The van der Waals surface area contributed by atoms with Crippen LogP contribution < -0.4 is 10.5 Å². The Balaban J connectivity index is 2.28. The fraction of sp³-hybridized carbons (Fsp3) is 0.455. The molecule has 0 aliphatic rings. The molecule has 0 saturated heterocycles. The average Bonchev–Trinajstić information content (AvgIpc) is 2.58. The number of hydrogen-bond acceptors (Lipinski definition) is 5. The largest absolute Gasteiger partial charge is 0.487 e. The van der Waals surface area contributed by atoms with Crippen molar-refractivity contribution in [1.29, 1.82) is 0 Å². The highest BCUT2D eigenvalue weighted by molar-refractivity contribution is 9.10. The lowest BCUT2D eigenvalue weighted by Gasteiger charge is -2.29. The SMILES string of the molecule is Cc1nc(Br)c(C[C@](C)(N)C(=O)OC(C)(C)C)c(C)c1OCc1ccccc1. The lowest BCUT2D eigenvalue weighted by molar-refractivity contribution is -0.160. The minimum Gasteiger partial charge on any atom is -0.487 e. The van der Waals surface area contributed by atoms with Crippen LogP contribution in [0.3, 0.4) is 0 Å². The number of nitrogens with zero attached hydrogens (tertiary/aromatic N) is 1. The van der Waals surface area contributed by atoms with Crippen molar-refractivity contribution >= 4 is 21.9 Å². The smallest absolute Gasteiger partial charge is 0.326 e. The van der Waals surface area contributed by atoms with Gasteiger partial charge in [-0.1, -0.05) is 30.3 Å². The maximum Gasteiger partial charge on any atom is 0.326 e. The third-order valence-electron chi connectivity index (χ3n) is 4.27. The summed E-state index contributed by atoms with van der Waals surface area (Å²) >= 11 is 3.52. The van der Waals surface area contributed by atoms with Crippen molar-refractivity contribution in [2.24, 2.45) is 5.73 Å². The fourth-order valence-corrected chi connectivity index (χ4v) is 3.51. The normalized spacial score (nSPS) is 13.7. The minimum absolute atomic E-state index is 0.281. The van der Waals surface area contributed by atoms with Crippen LogP contribution in [0.1, 0.15) is 50.1 Å². The van der Waals surface area contributed by atoms with Gasteiger partial charge in [0.05, 0.1) is 5.69 Å². The molecule has 1 aromatic carbocycles. The summed E-state index contributed by atoms with van der Waals surface area (Å²) in [6.07, 6.45) is 0.281. The van der Waals surface area contributed by atoms with Crippen LogP contribution in [0.4, 0.5) is 0 Å². The molecule has 0 unspecified atom stereocenters. The summed E-state index contributed by atoms with van der Waals surface area (Å²) < 4.78 is 12.2. The van der Waals surface area contributed by atoms with Crippen LogP contribution in [0.15, 0.2) is 34.9 Å². The lowest BCUT2D eigenvalue weighted by Crippen LogP contribution is -2.50. The number of carbonyl (C=O) groups is 1. The van der Waals surface area contributed by atoms with Crippen LogP contribution in [0, 0.1) is 13.8 Å². The van der Waals surface area contributed by atoms with Gasteiger partial charge in [0.2, 0.25) is 0 Å². The van der Waals surface area contributed by atoms with E-state index in [0.717, 1.165) is 22.4 Å². The number of aryl methyl sites for hydroxylation is 1. The quantitative estimate of drug-likeness (QED) is 0.514. The van der Waals surface area contributed by atoms with Crippen LogP contribution in [-0.4, -0.2) is 22.1 Å². The van der Waals surface area contributed by atoms with Gasteiger partial charge in [0.15, 0.2) is 0 Å². The van der Waals surface area contributed by atoms with Gasteiger partial charge in [-0.2, -0.15) is 0 Å². The van der Waals surface area contributed by atoms with Crippen molar-refractivity contribution < 1.29 is 14.3 Å². The summed E-state index contributed by atoms with van der Waals surface area (Å²) in [5, 5.41) is 0. The van der Waals surface area contributed by atoms with Gasteiger partial charge in [0.25, 0.3) is 0 Å². The molecule has 1 aromatic heterocycles. The first-order valence-corrected chi connectivity index (χ1v) is 10.0. The molecule has 0 radical (unpaired) electrons. The second-order valence-corrected chi connectivity index (χ2v) is 9.04. The maximum absolute atomic E-state index is 12.6. The second-order valence-electron chi connectivity index (χ2n) is 8.29. The molecule has 0 spiro atoms. The molecule has 28 heavy (non-hydrogen) atoms. The highest BCUT2D eigenvalue weighted by Gasteiger charge is 2.35. The Kier molecular flexibility index (Phi) is 6.88. The van der Waals surface area contributed by atoms with Crippen LogP contribution in [0.5, 0.6) is 5.75 Å². The molecule has 6 heteroatoms. The van der Waals surface area contributed by atoms with Gasteiger partial charge < -0.3 is 15.2 Å². The Bertz CT molecular complexity index is 843. The van der Waals surface area contributed by atoms with E-state index in [0.29, 0.717) is 17.0 Å². The van der Waals surface area contributed by atoms with E-state index in [-0.39, 0.29) is 6.42 Å². The van der Waals surface area contributed by atoms with Crippen LogP contribution in [0.2, 0.25) is 0 Å². The lowest BCUT2D eigenvalue weighted by atomic mass is 9.91. The first-order chi connectivity index (χ1) is 12.9. The first kappa shape index (κ1) is 22.4. The third kappa shape index (κ3) is 5.79. The number of nitrogens with two attached hydrogens (primary N) is 1. The Labute approximate surface area is 175 Å². The summed E-state index contributed by atoms with van der Waals surface area (Å²) in [5.41, 5.74) is 8.14. The molecule has 0 amide bonds. The van der Waals surface area contributed by atoms with E-state index in [9.17, 15) is 4.79 Å². The zero-order valence-electron chi connectivity index (χ0n) is 17.4. The second kappa shape index (κ2) is 8.62. The minimum atomic E-state index is -1.19. The highest BCUT2D eigenvalue weighted by Crippen LogP contribution is 2.32. The summed E-state index contributed by atoms with van der Waals surface area (Å²) in [4.78, 5) is 17.1. The monoisotopic (exact) mass is 448 g/mol. The van der Waals surface area contributed by atoms with E-state index in [4.69, 9.17) is 15.2 Å². The zero-order valence-corrected chi connectivity index (χ0v) is 19.0. The number of rotatable bonds is 6. The van der Waals surface area contributed by atoms with Crippen molar-refractivity contribution in [1.82, 2.24) is 4.98 Å². The summed E-state index contributed by atoms with van der Waals surface area (Å²) in [7, 11) is 0. The number of ether oxygens (including phenoxy) is 2. The number of esters is 1. The molecule has 1 heterocycles. The molecule has 0 bridgehead atoms. The molecule has 0 saturated carbocycles. The Hall–Kier alpha value is -1.92. The molecule has 2 rings (SSSR count). The van der Waals surface area contributed by atoms with Gasteiger partial charge >= 0.3 is 5.97 Å². The van der Waals surface area contributed by atoms with Gasteiger partial charge in [-0.3, -0.25) is 4.79 Å². The van der Waals surface area contributed by atoms with Gasteiger partial charge in [0.1, 0.15) is 28.1 Å². The fourth-order valence-electron chi connectivity index (χ4n) is 2.81. The van der Waals surface area contributed by atoms with Crippen LogP contribution in [-0.2, 0) is 22.6 Å². The summed E-state index contributed by atoms with van der Waals surface area (Å²) in [6, 6.07) is 9.95. The number of halogens is 1. The van der Waals surface area contributed by atoms with Crippen molar-refractivity contribution in [2.45, 2.75) is 65.7 Å². The molecular weight excluding hydrogens is 420 g/mol. The van der Waals surface area contributed by atoms with E-state index < -0.39 is 17.1 Å². The Morgan fingerprint density at radius 3 is 2.32 bits per heavy atom. The first-order valence-electron chi connectivity index (χ1n) is 9.25. The van der Waals surface area contributed by atoms with Crippen LogP contribution >= 0.6 is 15.9 Å². The van der Waals surface area contributed by atoms with Gasteiger partial charge in [-0.25, -0.2) is 4.98 Å². The van der Waals surface area contributed by atoms with E-state index in [1.807, 2.05) is 65.0 Å². The number of pyridine rings is 1. The van der Waals surface area contributed by atoms with Crippen molar-refractivity contribution in [3.05, 3.63) is 57.3 Å². The molecule has 1 atom stereocenters. The molecular formula is C22H29BrN2O3. The predicted molar refractivity (Wildman–Crippen MR) is 114 cm³/mol. The van der Waals surface area contributed by atoms with Crippen molar-refractivity contribution in [3.8, 4) is 5.75 Å². The average molecular weight is 449 g/mol. The van der Waals surface area contributed by atoms with Crippen molar-refractivity contribution in [3.63, 3.8) is 0 Å². The van der Waals surface area contributed by atoms with Crippen molar-refractivity contribution in [2.75, 3.05) is 0 Å². The number of hydrogen-bond donors (Lipinski definition) is 1. The topological polar surface area (TPSA) is 74.4 Å². The molecule has 0 fully saturated rings. The third-order valence-corrected chi connectivity index (χ3v) is 4.93. The summed E-state index contributed by atoms with van der Waals surface area (Å²) in [6.45, 7) is 11.5.